The molecule has 2 N–H and O–H groups in total. The van der Waals surface area contributed by atoms with Gasteiger partial charge in [-0.05, 0) is 60.2 Å². The minimum absolute atomic E-state index is 0.00356. The summed E-state index contributed by atoms with van der Waals surface area (Å²) in [6, 6.07) is 10.1. The first-order valence-corrected chi connectivity index (χ1v) is 9.21. The lowest BCUT2D eigenvalue weighted by Gasteiger charge is -2.16. The van der Waals surface area contributed by atoms with Crippen molar-refractivity contribution in [2.24, 2.45) is 0 Å². The van der Waals surface area contributed by atoms with Crippen LogP contribution < -0.4 is 10.1 Å². The van der Waals surface area contributed by atoms with E-state index in [1.807, 2.05) is 13.0 Å². The summed E-state index contributed by atoms with van der Waals surface area (Å²) in [6.45, 7) is 1.95. The van der Waals surface area contributed by atoms with E-state index in [1.165, 1.54) is 13.2 Å². The molecular weight excluding hydrogens is 388 g/mol. The molecule has 0 unspecified atom stereocenters. The van der Waals surface area contributed by atoms with Crippen molar-refractivity contribution < 1.29 is 19.4 Å². The molecule has 6 nitrogen and oxygen atoms in total. The lowest BCUT2D eigenvalue weighted by Crippen LogP contribution is -2.33. The fraction of sp³-hybridized carbons (Fsp3) is 0.158. The van der Waals surface area contributed by atoms with E-state index in [0.29, 0.717) is 21.2 Å². The largest absolute Gasteiger partial charge is 0.504 e. The summed E-state index contributed by atoms with van der Waals surface area (Å²) in [5.41, 5.74) is 2.36. The number of nitrogens with zero attached hydrogens (tertiary/aromatic N) is 1. The molecule has 1 aliphatic heterocycles. The fourth-order valence-corrected chi connectivity index (χ4v) is 3.53. The average Bonchev–Trinajstić information content (AvgIpc) is 2.90. The van der Waals surface area contributed by atoms with Crippen molar-refractivity contribution in [3.05, 3.63) is 57.5 Å². The normalized spacial score (nSPS) is 15.5. The maximum Gasteiger partial charge on any atom is 0.295 e. The Kier molecular flexibility index (Phi) is 5.62. The number of aromatic hydroxyl groups is 1. The van der Waals surface area contributed by atoms with Crippen LogP contribution in [0.2, 0.25) is 5.02 Å². The number of phenols is 1. The van der Waals surface area contributed by atoms with E-state index in [2.05, 4.69) is 5.32 Å². The van der Waals surface area contributed by atoms with Gasteiger partial charge in [-0.2, -0.15) is 0 Å². The molecule has 140 valence electrons. The third kappa shape index (κ3) is 4.20. The standard InChI is InChI=1S/C19H17ClN2O4S/c1-11-3-5-13(20)9-14(11)21-10-22-18(24)17(27-19(22)25)8-12-4-6-15(23)16(7-12)26-2/h3-9,21,23H,10H2,1-2H3. The summed E-state index contributed by atoms with van der Waals surface area (Å²) in [6.07, 6.45) is 1.59. The topological polar surface area (TPSA) is 78.9 Å². The van der Waals surface area contributed by atoms with Crippen molar-refractivity contribution in [2.75, 3.05) is 19.1 Å². The van der Waals surface area contributed by atoms with Crippen LogP contribution in [0.25, 0.3) is 6.08 Å². The molecule has 0 saturated carbocycles. The van der Waals surface area contributed by atoms with Gasteiger partial charge in [-0.3, -0.25) is 14.5 Å². The van der Waals surface area contributed by atoms with Gasteiger partial charge in [0.25, 0.3) is 11.1 Å². The summed E-state index contributed by atoms with van der Waals surface area (Å²) in [7, 11) is 1.44. The van der Waals surface area contributed by atoms with Crippen LogP contribution in [0.15, 0.2) is 41.3 Å². The summed E-state index contributed by atoms with van der Waals surface area (Å²) in [5.74, 6) is -0.0888. The van der Waals surface area contributed by atoms with Crippen molar-refractivity contribution in [3.8, 4) is 11.5 Å². The molecule has 1 saturated heterocycles. The first-order chi connectivity index (χ1) is 12.9. The van der Waals surface area contributed by atoms with Crippen LogP contribution in [-0.4, -0.2) is 34.9 Å². The molecule has 1 fully saturated rings. The van der Waals surface area contributed by atoms with Crippen molar-refractivity contribution in [2.45, 2.75) is 6.92 Å². The number of imide groups is 1. The Balaban J connectivity index is 1.76. The van der Waals surface area contributed by atoms with E-state index in [-0.39, 0.29) is 23.6 Å². The maximum atomic E-state index is 12.6. The van der Waals surface area contributed by atoms with Gasteiger partial charge < -0.3 is 15.2 Å². The Hall–Kier alpha value is -2.64. The zero-order valence-corrected chi connectivity index (χ0v) is 16.2. The van der Waals surface area contributed by atoms with E-state index in [1.54, 1.807) is 30.3 Å². The lowest BCUT2D eigenvalue weighted by molar-refractivity contribution is -0.122. The highest BCUT2D eigenvalue weighted by Gasteiger charge is 2.34. The zero-order chi connectivity index (χ0) is 19.6. The monoisotopic (exact) mass is 404 g/mol. The average molecular weight is 405 g/mol. The lowest BCUT2D eigenvalue weighted by atomic mass is 10.2. The molecule has 0 bridgehead atoms. The maximum absolute atomic E-state index is 12.6. The third-order valence-corrected chi connectivity index (χ3v) is 5.14. The summed E-state index contributed by atoms with van der Waals surface area (Å²) in [4.78, 5) is 26.3. The molecule has 0 aliphatic carbocycles. The van der Waals surface area contributed by atoms with Gasteiger partial charge in [-0.15, -0.1) is 0 Å². The molecule has 0 radical (unpaired) electrons. The molecule has 0 atom stereocenters. The first-order valence-electron chi connectivity index (χ1n) is 8.01. The Morgan fingerprint density at radius 2 is 2.04 bits per heavy atom. The molecular formula is C19H17ClN2O4S. The quantitative estimate of drug-likeness (QED) is 0.716. The fourth-order valence-electron chi connectivity index (χ4n) is 2.52. The van der Waals surface area contributed by atoms with Crippen LogP contribution in [-0.2, 0) is 4.79 Å². The Morgan fingerprint density at radius 3 is 2.78 bits per heavy atom. The number of hydrogen-bond donors (Lipinski definition) is 2. The molecule has 8 heteroatoms. The van der Waals surface area contributed by atoms with Crippen LogP contribution >= 0.6 is 23.4 Å². The Bertz CT molecular complexity index is 945. The van der Waals surface area contributed by atoms with Gasteiger partial charge in [0, 0.05) is 10.7 Å². The Labute approximate surface area is 165 Å². The van der Waals surface area contributed by atoms with E-state index in [4.69, 9.17) is 16.3 Å². The summed E-state index contributed by atoms with van der Waals surface area (Å²) < 4.78 is 5.06. The van der Waals surface area contributed by atoms with Crippen molar-refractivity contribution in [1.29, 1.82) is 0 Å². The number of halogens is 1. The predicted octanol–water partition coefficient (Wildman–Crippen LogP) is 4.47. The number of anilines is 1. The number of nitrogens with one attached hydrogen (secondary N) is 1. The number of thioether (sulfide) groups is 1. The van der Waals surface area contributed by atoms with Crippen LogP contribution in [0.5, 0.6) is 11.5 Å². The van der Waals surface area contributed by atoms with Gasteiger partial charge in [0.05, 0.1) is 18.7 Å². The minimum atomic E-state index is -0.385. The molecule has 0 spiro atoms. The van der Waals surface area contributed by atoms with Gasteiger partial charge in [0.15, 0.2) is 11.5 Å². The highest BCUT2D eigenvalue weighted by molar-refractivity contribution is 8.18. The van der Waals surface area contributed by atoms with Crippen molar-refractivity contribution >= 4 is 46.3 Å². The zero-order valence-electron chi connectivity index (χ0n) is 14.7. The number of amides is 2. The van der Waals surface area contributed by atoms with Gasteiger partial charge in [0.1, 0.15) is 0 Å². The predicted molar refractivity (Wildman–Crippen MR) is 107 cm³/mol. The molecule has 2 aromatic carbocycles. The highest BCUT2D eigenvalue weighted by atomic mass is 35.5. The van der Waals surface area contributed by atoms with E-state index < -0.39 is 0 Å². The Morgan fingerprint density at radius 1 is 1.26 bits per heavy atom. The number of hydrogen-bond acceptors (Lipinski definition) is 6. The molecule has 2 amide bonds. The highest BCUT2D eigenvalue weighted by Crippen LogP contribution is 2.34. The summed E-state index contributed by atoms with van der Waals surface area (Å²) in [5, 5.41) is 12.9. The van der Waals surface area contributed by atoms with Crippen LogP contribution in [0, 0.1) is 6.92 Å². The first kappa shape index (κ1) is 19.1. The van der Waals surface area contributed by atoms with E-state index >= 15 is 0 Å². The molecule has 0 aromatic heterocycles. The van der Waals surface area contributed by atoms with Crippen molar-refractivity contribution in [3.63, 3.8) is 0 Å². The number of carbonyl (C=O) groups is 2. The number of carbonyl (C=O) groups excluding carboxylic acids is 2. The molecule has 1 heterocycles. The number of phenolic OH excluding ortho intramolecular Hbond substituents is 1. The SMILES string of the molecule is COc1cc(C=C2SC(=O)N(CNc3cc(Cl)ccc3C)C2=O)ccc1O. The number of benzene rings is 2. The smallest absolute Gasteiger partial charge is 0.295 e. The molecule has 2 aromatic rings. The number of aryl methyl sites for hydroxylation is 1. The van der Waals surface area contributed by atoms with Gasteiger partial charge in [0.2, 0.25) is 0 Å². The van der Waals surface area contributed by atoms with E-state index in [0.717, 1.165) is 27.9 Å². The van der Waals surface area contributed by atoms with Crippen LogP contribution in [0.1, 0.15) is 11.1 Å². The van der Waals surface area contributed by atoms with Crippen molar-refractivity contribution in [1.82, 2.24) is 4.90 Å². The number of methoxy groups -OCH3 is 1. The second-order valence-electron chi connectivity index (χ2n) is 5.84. The third-order valence-electron chi connectivity index (χ3n) is 4.00. The second kappa shape index (κ2) is 7.94. The summed E-state index contributed by atoms with van der Waals surface area (Å²) >= 11 is 6.86. The van der Waals surface area contributed by atoms with Crippen LogP contribution in [0.4, 0.5) is 10.5 Å². The minimum Gasteiger partial charge on any atom is -0.504 e. The number of ether oxygens (including phenoxy) is 1. The molecule has 1 aliphatic rings. The van der Waals surface area contributed by atoms with Crippen LogP contribution in [0.3, 0.4) is 0 Å². The molecule has 27 heavy (non-hydrogen) atoms. The van der Waals surface area contributed by atoms with Gasteiger partial charge in [-0.25, -0.2) is 0 Å². The molecule has 3 rings (SSSR count). The van der Waals surface area contributed by atoms with E-state index in [9.17, 15) is 14.7 Å². The number of rotatable bonds is 5. The second-order valence-corrected chi connectivity index (χ2v) is 7.26. The van der Waals surface area contributed by atoms with Gasteiger partial charge in [-0.1, -0.05) is 23.7 Å². The van der Waals surface area contributed by atoms with Gasteiger partial charge >= 0.3 is 0 Å².